The van der Waals surface area contributed by atoms with Gasteiger partial charge in [-0.15, -0.1) is 0 Å². The van der Waals surface area contributed by atoms with Gasteiger partial charge in [-0.1, -0.05) is 55.5 Å². The molecule has 178 valence electrons. The molecule has 3 aliphatic rings. The Hall–Kier alpha value is -3.35. The molecule has 1 heterocycles. The van der Waals surface area contributed by atoms with E-state index in [9.17, 15) is 19.5 Å². The SMILES string of the molecule is CCC1(C(=O)O)CCCN1C(=O)[C@@H]1C[C@@H]1CNC(=O)OCC1c2ccccc2-c2ccccc21. The maximum Gasteiger partial charge on any atom is 0.407 e. The molecular formula is C27H30N2O5. The first-order chi connectivity index (χ1) is 16.5. The number of alkyl carbamates (subject to hydrolysis) is 1. The average Bonchev–Trinajstić information content (AvgIpc) is 3.37. The third kappa shape index (κ3) is 3.73. The number of nitrogens with one attached hydrogen (secondary N) is 1. The second kappa shape index (κ2) is 8.78. The van der Waals surface area contributed by atoms with E-state index in [1.54, 1.807) is 4.90 Å². The minimum absolute atomic E-state index is 0.00162. The van der Waals surface area contributed by atoms with Crippen molar-refractivity contribution in [1.82, 2.24) is 10.2 Å². The van der Waals surface area contributed by atoms with Crippen LogP contribution in [-0.4, -0.2) is 53.2 Å². The van der Waals surface area contributed by atoms with Crippen molar-refractivity contribution in [2.45, 2.75) is 44.1 Å². The molecule has 1 saturated heterocycles. The number of carbonyl (C=O) groups is 3. The Morgan fingerprint density at radius 1 is 1.09 bits per heavy atom. The van der Waals surface area contributed by atoms with Gasteiger partial charge in [0, 0.05) is 24.9 Å². The van der Waals surface area contributed by atoms with Crippen LogP contribution < -0.4 is 5.32 Å². The zero-order valence-electron chi connectivity index (χ0n) is 19.3. The molecule has 34 heavy (non-hydrogen) atoms. The molecule has 0 bridgehead atoms. The maximum atomic E-state index is 13.0. The van der Waals surface area contributed by atoms with E-state index in [4.69, 9.17) is 4.74 Å². The van der Waals surface area contributed by atoms with Crippen molar-refractivity contribution in [2.24, 2.45) is 11.8 Å². The number of aliphatic carboxylic acids is 1. The van der Waals surface area contributed by atoms with Crippen LogP contribution in [0.15, 0.2) is 48.5 Å². The van der Waals surface area contributed by atoms with Crippen LogP contribution in [0, 0.1) is 11.8 Å². The molecule has 2 N–H and O–H groups in total. The number of fused-ring (bicyclic) bond motifs is 3. The topological polar surface area (TPSA) is 95.9 Å². The molecule has 7 nitrogen and oxygen atoms in total. The van der Waals surface area contributed by atoms with Crippen LogP contribution in [0.2, 0.25) is 0 Å². The number of carboxylic acids is 1. The molecule has 0 radical (unpaired) electrons. The van der Waals surface area contributed by atoms with Gasteiger partial charge in [0.15, 0.2) is 0 Å². The number of hydrogen-bond acceptors (Lipinski definition) is 4. The summed E-state index contributed by atoms with van der Waals surface area (Å²) in [6.07, 6.45) is 1.79. The van der Waals surface area contributed by atoms with Gasteiger partial charge < -0.3 is 20.1 Å². The first-order valence-corrected chi connectivity index (χ1v) is 12.1. The highest BCUT2D eigenvalue weighted by Gasteiger charge is 2.54. The summed E-state index contributed by atoms with van der Waals surface area (Å²) in [5, 5.41) is 12.5. The van der Waals surface area contributed by atoms with Gasteiger partial charge in [-0.25, -0.2) is 9.59 Å². The molecule has 2 aromatic carbocycles. The van der Waals surface area contributed by atoms with E-state index in [-0.39, 0.29) is 30.3 Å². The number of nitrogens with zero attached hydrogens (tertiary/aromatic N) is 1. The van der Waals surface area contributed by atoms with E-state index in [2.05, 4.69) is 29.6 Å². The number of hydrogen-bond donors (Lipinski definition) is 2. The predicted molar refractivity (Wildman–Crippen MR) is 126 cm³/mol. The highest BCUT2D eigenvalue weighted by molar-refractivity contribution is 5.90. The average molecular weight is 463 g/mol. The number of benzene rings is 2. The summed E-state index contributed by atoms with van der Waals surface area (Å²) in [5.41, 5.74) is 3.60. The van der Waals surface area contributed by atoms with E-state index in [1.165, 1.54) is 11.1 Å². The highest BCUT2D eigenvalue weighted by atomic mass is 16.5. The number of likely N-dealkylation sites (tertiary alicyclic amines) is 1. The lowest BCUT2D eigenvalue weighted by atomic mass is 9.92. The second-order valence-corrected chi connectivity index (χ2v) is 9.59. The number of rotatable bonds is 7. The van der Waals surface area contributed by atoms with Crippen molar-refractivity contribution in [1.29, 1.82) is 0 Å². The van der Waals surface area contributed by atoms with Crippen molar-refractivity contribution in [3.63, 3.8) is 0 Å². The van der Waals surface area contributed by atoms with Crippen LogP contribution in [0.5, 0.6) is 0 Å². The summed E-state index contributed by atoms with van der Waals surface area (Å²) in [5.74, 6) is -1.22. The van der Waals surface area contributed by atoms with Crippen LogP contribution in [0.3, 0.4) is 0 Å². The van der Waals surface area contributed by atoms with Gasteiger partial charge in [-0.05, 0) is 53.9 Å². The number of ether oxygens (including phenoxy) is 1. The first-order valence-electron chi connectivity index (χ1n) is 12.1. The Kier molecular flexibility index (Phi) is 5.80. The van der Waals surface area contributed by atoms with Crippen molar-refractivity contribution >= 4 is 18.0 Å². The Balaban J connectivity index is 1.14. The first kappa shape index (κ1) is 22.4. The molecule has 1 aliphatic heterocycles. The zero-order valence-corrected chi connectivity index (χ0v) is 19.3. The molecule has 1 unspecified atom stereocenters. The van der Waals surface area contributed by atoms with E-state index >= 15 is 0 Å². The van der Waals surface area contributed by atoms with Crippen molar-refractivity contribution in [3.8, 4) is 11.1 Å². The highest BCUT2D eigenvalue weighted by Crippen LogP contribution is 2.45. The van der Waals surface area contributed by atoms with Gasteiger partial charge in [0.1, 0.15) is 12.1 Å². The monoisotopic (exact) mass is 462 g/mol. The summed E-state index contributed by atoms with van der Waals surface area (Å²) in [6, 6.07) is 16.4. The van der Waals surface area contributed by atoms with E-state index < -0.39 is 17.6 Å². The standard InChI is InChI=1S/C27H30N2O5/c1-2-27(25(31)32)12-7-13-29(27)24(30)22-14-17(22)15-28-26(33)34-16-23-20-10-5-3-8-18(20)19-9-4-6-11-21(19)23/h3-6,8-11,17,22-23H,2,7,12-16H2,1H3,(H,28,33)(H,31,32)/t17-,22-,27?/m1/s1. The van der Waals surface area contributed by atoms with Gasteiger partial charge >= 0.3 is 12.1 Å². The zero-order chi connectivity index (χ0) is 23.9. The lowest BCUT2D eigenvalue weighted by Crippen LogP contribution is -2.53. The third-order valence-corrected chi connectivity index (χ3v) is 7.83. The molecular weight excluding hydrogens is 432 g/mol. The van der Waals surface area contributed by atoms with Crippen LogP contribution in [0.25, 0.3) is 11.1 Å². The van der Waals surface area contributed by atoms with Crippen LogP contribution >= 0.6 is 0 Å². The minimum atomic E-state index is -1.08. The van der Waals surface area contributed by atoms with E-state index in [0.717, 1.165) is 11.1 Å². The van der Waals surface area contributed by atoms with Gasteiger partial charge in [0.25, 0.3) is 0 Å². The minimum Gasteiger partial charge on any atom is -0.479 e. The molecule has 1 saturated carbocycles. The van der Waals surface area contributed by atoms with Crippen LogP contribution in [0.4, 0.5) is 4.79 Å². The molecule has 0 spiro atoms. The summed E-state index contributed by atoms with van der Waals surface area (Å²) >= 11 is 0. The smallest absolute Gasteiger partial charge is 0.407 e. The fraction of sp³-hybridized carbons (Fsp3) is 0.444. The van der Waals surface area contributed by atoms with Gasteiger partial charge in [0.2, 0.25) is 5.91 Å². The van der Waals surface area contributed by atoms with Crippen LogP contribution in [0.1, 0.15) is 49.7 Å². The quantitative estimate of drug-likeness (QED) is 0.648. The van der Waals surface area contributed by atoms with Crippen molar-refractivity contribution < 1.29 is 24.2 Å². The Morgan fingerprint density at radius 2 is 1.74 bits per heavy atom. The molecule has 7 heteroatoms. The lowest BCUT2D eigenvalue weighted by molar-refractivity contribution is -0.157. The lowest BCUT2D eigenvalue weighted by Gasteiger charge is -2.34. The Morgan fingerprint density at radius 3 is 2.35 bits per heavy atom. The van der Waals surface area contributed by atoms with Crippen LogP contribution in [-0.2, 0) is 14.3 Å². The second-order valence-electron chi connectivity index (χ2n) is 9.59. The molecule has 2 amide bonds. The van der Waals surface area contributed by atoms with Crippen molar-refractivity contribution in [3.05, 3.63) is 59.7 Å². The molecule has 0 aromatic heterocycles. The Labute approximate surface area is 199 Å². The summed E-state index contributed by atoms with van der Waals surface area (Å²) in [7, 11) is 0. The summed E-state index contributed by atoms with van der Waals surface area (Å²) in [6.45, 7) is 2.91. The van der Waals surface area contributed by atoms with Crippen molar-refractivity contribution in [2.75, 3.05) is 19.7 Å². The van der Waals surface area contributed by atoms with Gasteiger partial charge in [0.05, 0.1) is 0 Å². The maximum absolute atomic E-state index is 13.0. The predicted octanol–water partition coefficient (Wildman–Crippen LogP) is 4.02. The molecule has 2 aromatic rings. The molecule has 5 rings (SSSR count). The van der Waals surface area contributed by atoms with E-state index in [1.807, 2.05) is 31.2 Å². The largest absolute Gasteiger partial charge is 0.479 e. The molecule has 2 fully saturated rings. The Bertz CT molecular complexity index is 1090. The fourth-order valence-electron chi connectivity index (χ4n) is 5.78. The normalized spacial score (nSPS) is 24.9. The number of carboxylic acid groups (broad SMARTS) is 1. The summed E-state index contributed by atoms with van der Waals surface area (Å²) in [4.78, 5) is 38.9. The molecule has 3 atom stereocenters. The molecule has 2 aliphatic carbocycles. The summed E-state index contributed by atoms with van der Waals surface area (Å²) < 4.78 is 5.57. The van der Waals surface area contributed by atoms with Gasteiger partial charge in [-0.3, -0.25) is 4.79 Å². The number of carbonyl (C=O) groups excluding carboxylic acids is 2. The van der Waals surface area contributed by atoms with Gasteiger partial charge in [-0.2, -0.15) is 0 Å². The van der Waals surface area contributed by atoms with E-state index in [0.29, 0.717) is 38.8 Å². The number of amides is 2. The third-order valence-electron chi connectivity index (χ3n) is 7.83. The fourth-order valence-corrected chi connectivity index (χ4v) is 5.78.